The van der Waals surface area contributed by atoms with E-state index >= 15 is 0 Å². The van der Waals surface area contributed by atoms with Crippen molar-refractivity contribution in [2.75, 3.05) is 55.5 Å². The number of morpholine rings is 1. The maximum Gasteiger partial charge on any atom is 0.207 e. The standard InChI is InChI=1S/C24H27N7O2/c1-32-20-8-2-17(3-9-20)10-11-25-22-21-23(27-16-26-22)30-24(29-21)28-18-4-6-19(7-5-18)31-12-14-33-15-13-31/h2-9,16H,10-15H2,1H3,(H3,25,26,27,28,29,30). The molecule has 9 nitrogen and oxygen atoms in total. The Morgan fingerprint density at radius 2 is 1.82 bits per heavy atom. The zero-order valence-electron chi connectivity index (χ0n) is 18.5. The molecule has 5 rings (SSSR count). The molecule has 0 atom stereocenters. The lowest BCUT2D eigenvalue weighted by atomic mass is 10.1. The van der Waals surface area contributed by atoms with Crippen molar-refractivity contribution in [2.45, 2.75) is 6.42 Å². The summed E-state index contributed by atoms with van der Waals surface area (Å²) in [5.74, 6) is 2.22. The van der Waals surface area contributed by atoms with Crippen LogP contribution in [0.4, 0.5) is 23.1 Å². The second-order valence-corrected chi connectivity index (χ2v) is 7.80. The number of ether oxygens (including phenoxy) is 2. The second kappa shape index (κ2) is 9.74. The zero-order chi connectivity index (χ0) is 22.5. The SMILES string of the molecule is COc1ccc(CCNc2ncnc3nc(Nc4ccc(N5CCOCC5)cc4)[nH]c23)cc1. The number of methoxy groups -OCH3 is 1. The molecular weight excluding hydrogens is 418 g/mol. The average Bonchev–Trinajstić information content (AvgIpc) is 3.29. The van der Waals surface area contributed by atoms with Gasteiger partial charge in [-0.1, -0.05) is 12.1 Å². The molecule has 4 aromatic rings. The van der Waals surface area contributed by atoms with Gasteiger partial charge in [-0.25, -0.2) is 9.97 Å². The fourth-order valence-corrected chi connectivity index (χ4v) is 3.85. The molecule has 0 unspecified atom stereocenters. The van der Waals surface area contributed by atoms with Gasteiger partial charge in [-0.15, -0.1) is 0 Å². The van der Waals surface area contributed by atoms with Crippen molar-refractivity contribution in [3.8, 4) is 5.75 Å². The third kappa shape index (κ3) is 4.98. The predicted octanol–water partition coefficient (Wildman–Crippen LogP) is 3.60. The molecule has 3 N–H and O–H groups in total. The third-order valence-electron chi connectivity index (χ3n) is 5.66. The van der Waals surface area contributed by atoms with Gasteiger partial charge in [0, 0.05) is 31.0 Å². The number of benzene rings is 2. The maximum absolute atomic E-state index is 5.43. The zero-order valence-corrected chi connectivity index (χ0v) is 18.5. The number of aromatic amines is 1. The van der Waals surface area contributed by atoms with Crippen LogP contribution in [0.2, 0.25) is 0 Å². The van der Waals surface area contributed by atoms with Crippen LogP contribution in [0.25, 0.3) is 11.2 Å². The van der Waals surface area contributed by atoms with Crippen molar-refractivity contribution in [3.05, 3.63) is 60.4 Å². The average molecular weight is 446 g/mol. The van der Waals surface area contributed by atoms with Gasteiger partial charge >= 0.3 is 0 Å². The molecule has 3 heterocycles. The highest BCUT2D eigenvalue weighted by molar-refractivity contribution is 5.84. The van der Waals surface area contributed by atoms with E-state index in [9.17, 15) is 0 Å². The molecular formula is C24H27N7O2. The lowest BCUT2D eigenvalue weighted by molar-refractivity contribution is 0.122. The van der Waals surface area contributed by atoms with Crippen LogP contribution in [0.5, 0.6) is 5.75 Å². The molecule has 170 valence electrons. The van der Waals surface area contributed by atoms with Crippen molar-refractivity contribution in [1.82, 2.24) is 19.9 Å². The van der Waals surface area contributed by atoms with E-state index in [1.165, 1.54) is 17.6 Å². The Balaban J connectivity index is 1.23. The van der Waals surface area contributed by atoms with Crippen molar-refractivity contribution < 1.29 is 9.47 Å². The Morgan fingerprint density at radius 3 is 2.58 bits per heavy atom. The topological polar surface area (TPSA) is 100 Å². The van der Waals surface area contributed by atoms with E-state index in [0.717, 1.165) is 62.0 Å². The number of hydrogen-bond donors (Lipinski definition) is 3. The van der Waals surface area contributed by atoms with E-state index in [4.69, 9.17) is 9.47 Å². The number of rotatable bonds is 8. The van der Waals surface area contributed by atoms with Crippen molar-refractivity contribution >= 4 is 34.3 Å². The minimum Gasteiger partial charge on any atom is -0.497 e. The van der Waals surface area contributed by atoms with Gasteiger partial charge in [0.05, 0.1) is 20.3 Å². The Bertz CT molecular complexity index is 1190. The first-order chi connectivity index (χ1) is 16.3. The van der Waals surface area contributed by atoms with Crippen LogP contribution < -0.4 is 20.3 Å². The van der Waals surface area contributed by atoms with Crippen LogP contribution >= 0.6 is 0 Å². The van der Waals surface area contributed by atoms with Gasteiger partial charge < -0.3 is 30.0 Å². The van der Waals surface area contributed by atoms with Crippen molar-refractivity contribution in [3.63, 3.8) is 0 Å². The predicted molar refractivity (Wildman–Crippen MR) is 130 cm³/mol. The van der Waals surface area contributed by atoms with Crippen LogP contribution in [0.15, 0.2) is 54.9 Å². The molecule has 0 saturated carbocycles. The first-order valence-corrected chi connectivity index (χ1v) is 11.1. The highest BCUT2D eigenvalue weighted by atomic mass is 16.5. The molecule has 0 aliphatic carbocycles. The van der Waals surface area contributed by atoms with E-state index in [1.54, 1.807) is 7.11 Å². The molecule has 9 heteroatoms. The summed E-state index contributed by atoms with van der Waals surface area (Å²) in [6.45, 7) is 4.13. The summed E-state index contributed by atoms with van der Waals surface area (Å²) in [5.41, 5.74) is 4.76. The number of imidazole rings is 1. The monoisotopic (exact) mass is 445 g/mol. The molecule has 0 radical (unpaired) electrons. The van der Waals surface area contributed by atoms with Crippen molar-refractivity contribution in [2.24, 2.45) is 0 Å². The maximum atomic E-state index is 5.43. The fraction of sp³-hybridized carbons (Fsp3) is 0.292. The Labute approximate surface area is 192 Å². The number of nitrogens with zero attached hydrogens (tertiary/aromatic N) is 4. The first kappa shape index (κ1) is 21.0. The molecule has 0 bridgehead atoms. The van der Waals surface area contributed by atoms with Gasteiger partial charge in [0.1, 0.15) is 17.6 Å². The number of H-pyrrole nitrogens is 1. The molecule has 1 saturated heterocycles. The van der Waals surface area contributed by atoms with E-state index in [1.807, 2.05) is 12.1 Å². The van der Waals surface area contributed by atoms with Crippen LogP contribution in [0.3, 0.4) is 0 Å². The van der Waals surface area contributed by atoms with Crippen LogP contribution in [0.1, 0.15) is 5.56 Å². The Morgan fingerprint density at radius 1 is 1.03 bits per heavy atom. The lowest BCUT2D eigenvalue weighted by Crippen LogP contribution is -2.36. The summed E-state index contributed by atoms with van der Waals surface area (Å²) in [7, 11) is 1.67. The molecule has 0 amide bonds. The number of fused-ring (bicyclic) bond motifs is 1. The number of aromatic nitrogens is 4. The summed E-state index contributed by atoms with van der Waals surface area (Å²) in [6, 6.07) is 16.4. The van der Waals surface area contributed by atoms with Crippen LogP contribution in [0, 0.1) is 0 Å². The first-order valence-electron chi connectivity index (χ1n) is 11.1. The molecule has 33 heavy (non-hydrogen) atoms. The Kier molecular flexibility index (Phi) is 6.21. The Hall–Kier alpha value is -3.85. The van der Waals surface area contributed by atoms with Crippen LogP contribution in [-0.2, 0) is 11.2 Å². The number of hydrogen-bond acceptors (Lipinski definition) is 8. The number of nitrogens with one attached hydrogen (secondary N) is 3. The van der Waals surface area contributed by atoms with Gasteiger partial charge in [-0.05, 0) is 48.4 Å². The van der Waals surface area contributed by atoms with Gasteiger partial charge in [-0.2, -0.15) is 4.98 Å². The fourth-order valence-electron chi connectivity index (χ4n) is 3.85. The molecule has 1 aliphatic rings. The van der Waals surface area contributed by atoms with Crippen LogP contribution in [-0.4, -0.2) is 59.9 Å². The second-order valence-electron chi connectivity index (χ2n) is 7.80. The summed E-state index contributed by atoms with van der Waals surface area (Å²) in [4.78, 5) is 18.9. The molecule has 1 fully saturated rings. The normalized spacial score (nSPS) is 13.8. The quantitative estimate of drug-likeness (QED) is 0.378. The van der Waals surface area contributed by atoms with Crippen molar-refractivity contribution in [1.29, 1.82) is 0 Å². The largest absolute Gasteiger partial charge is 0.497 e. The molecule has 0 spiro atoms. The smallest absolute Gasteiger partial charge is 0.207 e. The third-order valence-corrected chi connectivity index (χ3v) is 5.66. The minimum atomic E-state index is 0.615. The summed E-state index contributed by atoms with van der Waals surface area (Å²) >= 11 is 0. The summed E-state index contributed by atoms with van der Waals surface area (Å²) < 4.78 is 10.6. The van der Waals surface area contributed by atoms with E-state index in [-0.39, 0.29) is 0 Å². The van der Waals surface area contributed by atoms with Gasteiger partial charge in [0.2, 0.25) is 5.95 Å². The minimum absolute atomic E-state index is 0.615. The molecule has 2 aromatic carbocycles. The van der Waals surface area contributed by atoms with E-state index in [2.05, 4.69) is 71.9 Å². The van der Waals surface area contributed by atoms with Gasteiger partial charge in [0.15, 0.2) is 11.5 Å². The lowest BCUT2D eigenvalue weighted by Gasteiger charge is -2.28. The van der Waals surface area contributed by atoms with Gasteiger partial charge in [0.25, 0.3) is 0 Å². The van der Waals surface area contributed by atoms with E-state index < -0.39 is 0 Å². The highest BCUT2D eigenvalue weighted by Gasteiger charge is 2.12. The number of anilines is 4. The summed E-state index contributed by atoms with van der Waals surface area (Å²) in [5, 5.41) is 6.71. The van der Waals surface area contributed by atoms with Gasteiger partial charge in [-0.3, -0.25) is 0 Å². The highest BCUT2D eigenvalue weighted by Crippen LogP contribution is 2.24. The molecule has 1 aliphatic heterocycles. The molecule has 2 aromatic heterocycles. The summed E-state index contributed by atoms with van der Waals surface area (Å²) in [6.07, 6.45) is 2.39. The van der Waals surface area contributed by atoms with E-state index in [0.29, 0.717) is 11.6 Å².